The first-order valence-electron chi connectivity index (χ1n) is 8.17. The molecule has 1 aliphatic rings. The standard InChI is InChI=1S/C17H21N5O3/c1-24-16-13-19-15(12-20-16)17(23)22-7-5-21(6-8-22)9-10-25-14-3-2-4-18-11-14/h2-4,11-13H,5-10H2,1H3. The van der Waals surface area contributed by atoms with E-state index in [0.29, 0.717) is 31.3 Å². The molecule has 1 saturated heterocycles. The lowest BCUT2D eigenvalue weighted by Crippen LogP contribution is -2.49. The van der Waals surface area contributed by atoms with E-state index in [9.17, 15) is 4.79 Å². The minimum atomic E-state index is -0.0959. The maximum atomic E-state index is 12.4. The molecule has 0 bridgehead atoms. The van der Waals surface area contributed by atoms with Gasteiger partial charge in [-0.15, -0.1) is 0 Å². The highest BCUT2D eigenvalue weighted by molar-refractivity contribution is 5.92. The van der Waals surface area contributed by atoms with Crippen molar-refractivity contribution in [2.45, 2.75) is 0 Å². The molecule has 2 aromatic heterocycles. The highest BCUT2D eigenvalue weighted by atomic mass is 16.5. The summed E-state index contributed by atoms with van der Waals surface area (Å²) in [6.45, 7) is 4.37. The van der Waals surface area contributed by atoms with Gasteiger partial charge in [0.1, 0.15) is 18.1 Å². The summed E-state index contributed by atoms with van der Waals surface area (Å²) < 4.78 is 10.6. The van der Waals surface area contributed by atoms with Crippen LogP contribution < -0.4 is 9.47 Å². The van der Waals surface area contributed by atoms with Crippen LogP contribution in [0.1, 0.15) is 10.5 Å². The van der Waals surface area contributed by atoms with E-state index in [0.717, 1.165) is 25.4 Å². The molecule has 132 valence electrons. The molecule has 0 unspecified atom stereocenters. The molecule has 0 N–H and O–H groups in total. The van der Waals surface area contributed by atoms with E-state index in [1.165, 1.54) is 19.5 Å². The number of amides is 1. The van der Waals surface area contributed by atoms with E-state index in [1.54, 1.807) is 17.3 Å². The Labute approximate surface area is 146 Å². The second kappa shape index (κ2) is 8.39. The largest absolute Gasteiger partial charge is 0.491 e. The molecule has 3 rings (SSSR count). The minimum absolute atomic E-state index is 0.0959. The zero-order chi connectivity index (χ0) is 17.5. The average molecular weight is 343 g/mol. The maximum Gasteiger partial charge on any atom is 0.274 e. The van der Waals surface area contributed by atoms with Gasteiger partial charge in [-0.2, -0.15) is 0 Å². The SMILES string of the molecule is COc1cnc(C(=O)N2CCN(CCOc3cccnc3)CC2)cn1. The molecular formula is C17H21N5O3. The lowest BCUT2D eigenvalue weighted by Gasteiger charge is -2.34. The van der Waals surface area contributed by atoms with Gasteiger partial charge in [0.2, 0.25) is 5.88 Å². The zero-order valence-electron chi connectivity index (χ0n) is 14.2. The fraction of sp³-hybridized carbons (Fsp3) is 0.412. The molecule has 8 nitrogen and oxygen atoms in total. The van der Waals surface area contributed by atoms with Gasteiger partial charge in [0.25, 0.3) is 5.91 Å². The first-order chi connectivity index (χ1) is 12.3. The third-order valence-corrected chi connectivity index (χ3v) is 4.03. The lowest BCUT2D eigenvalue weighted by molar-refractivity contribution is 0.0614. The quantitative estimate of drug-likeness (QED) is 0.764. The Hall–Kier alpha value is -2.74. The van der Waals surface area contributed by atoms with Crippen molar-refractivity contribution >= 4 is 5.91 Å². The van der Waals surface area contributed by atoms with Crippen LogP contribution in [0.15, 0.2) is 36.9 Å². The van der Waals surface area contributed by atoms with Crippen LogP contribution in [0.2, 0.25) is 0 Å². The summed E-state index contributed by atoms with van der Waals surface area (Å²) in [5.41, 5.74) is 0.342. The third-order valence-electron chi connectivity index (χ3n) is 4.03. The molecule has 1 aliphatic heterocycles. The fourth-order valence-electron chi connectivity index (χ4n) is 2.59. The molecule has 0 spiro atoms. The molecule has 0 aromatic carbocycles. The average Bonchev–Trinajstić information content (AvgIpc) is 2.69. The van der Waals surface area contributed by atoms with E-state index < -0.39 is 0 Å². The number of piperazine rings is 1. The zero-order valence-corrected chi connectivity index (χ0v) is 14.2. The molecule has 8 heteroatoms. The Morgan fingerprint density at radius 3 is 2.64 bits per heavy atom. The van der Waals surface area contributed by atoms with Crippen LogP contribution in [0.25, 0.3) is 0 Å². The highest BCUT2D eigenvalue weighted by Gasteiger charge is 2.23. The number of hydrogen-bond donors (Lipinski definition) is 0. The summed E-state index contributed by atoms with van der Waals surface area (Å²) in [5, 5.41) is 0. The Morgan fingerprint density at radius 2 is 2.00 bits per heavy atom. The molecule has 0 radical (unpaired) electrons. The van der Waals surface area contributed by atoms with Gasteiger partial charge >= 0.3 is 0 Å². The second-order valence-electron chi connectivity index (χ2n) is 5.62. The number of carbonyl (C=O) groups is 1. The Morgan fingerprint density at radius 1 is 1.16 bits per heavy atom. The fourth-order valence-corrected chi connectivity index (χ4v) is 2.59. The van der Waals surface area contributed by atoms with Crippen LogP contribution in [0, 0.1) is 0 Å². The van der Waals surface area contributed by atoms with Crippen molar-refractivity contribution in [1.29, 1.82) is 0 Å². The number of carbonyl (C=O) groups excluding carboxylic acids is 1. The molecule has 25 heavy (non-hydrogen) atoms. The van der Waals surface area contributed by atoms with Crippen LogP contribution in [0.3, 0.4) is 0 Å². The summed E-state index contributed by atoms with van der Waals surface area (Å²) in [5.74, 6) is 1.07. The Bertz CT molecular complexity index is 672. The van der Waals surface area contributed by atoms with E-state index in [2.05, 4.69) is 19.9 Å². The Kier molecular flexibility index (Phi) is 5.73. The number of hydrogen-bond acceptors (Lipinski definition) is 7. The van der Waals surface area contributed by atoms with Gasteiger partial charge in [0.05, 0.1) is 25.7 Å². The topological polar surface area (TPSA) is 80.7 Å². The Balaban J connectivity index is 1.42. The van der Waals surface area contributed by atoms with E-state index in [4.69, 9.17) is 9.47 Å². The molecule has 0 aliphatic carbocycles. The molecule has 2 aromatic rings. The van der Waals surface area contributed by atoms with Crippen molar-refractivity contribution in [3.8, 4) is 11.6 Å². The van der Waals surface area contributed by atoms with Crippen molar-refractivity contribution in [3.63, 3.8) is 0 Å². The highest BCUT2D eigenvalue weighted by Crippen LogP contribution is 2.10. The third kappa shape index (κ3) is 4.63. The van der Waals surface area contributed by atoms with Crippen LogP contribution in [0.5, 0.6) is 11.6 Å². The molecule has 1 amide bonds. The monoisotopic (exact) mass is 343 g/mol. The smallest absolute Gasteiger partial charge is 0.274 e. The van der Waals surface area contributed by atoms with Gasteiger partial charge in [-0.3, -0.25) is 14.7 Å². The van der Waals surface area contributed by atoms with Crippen molar-refractivity contribution < 1.29 is 14.3 Å². The molecule has 3 heterocycles. The lowest BCUT2D eigenvalue weighted by atomic mass is 10.3. The second-order valence-corrected chi connectivity index (χ2v) is 5.62. The van der Waals surface area contributed by atoms with Crippen LogP contribution >= 0.6 is 0 Å². The minimum Gasteiger partial charge on any atom is -0.491 e. The van der Waals surface area contributed by atoms with Gasteiger partial charge < -0.3 is 14.4 Å². The van der Waals surface area contributed by atoms with Gasteiger partial charge in [-0.25, -0.2) is 9.97 Å². The summed E-state index contributed by atoms with van der Waals surface area (Å²) in [4.78, 5) is 28.7. The number of methoxy groups -OCH3 is 1. The van der Waals surface area contributed by atoms with Crippen molar-refractivity contribution in [1.82, 2.24) is 24.8 Å². The van der Waals surface area contributed by atoms with Gasteiger partial charge in [0, 0.05) is 38.9 Å². The molecule has 0 saturated carbocycles. The van der Waals surface area contributed by atoms with Gasteiger partial charge in [-0.1, -0.05) is 0 Å². The summed E-state index contributed by atoms with van der Waals surface area (Å²) in [6, 6.07) is 3.74. The molecule has 0 atom stereocenters. The number of rotatable bonds is 6. The predicted molar refractivity (Wildman–Crippen MR) is 90.7 cm³/mol. The van der Waals surface area contributed by atoms with E-state index in [1.807, 2.05) is 12.1 Å². The maximum absolute atomic E-state index is 12.4. The normalized spacial score (nSPS) is 15.0. The van der Waals surface area contributed by atoms with Crippen molar-refractivity contribution in [2.75, 3.05) is 46.4 Å². The van der Waals surface area contributed by atoms with E-state index >= 15 is 0 Å². The summed E-state index contributed by atoms with van der Waals surface area (Å²) >= 11 is 0. The first-order valence-corrected chi connectivity index (χ1v) is 8.17. The number of pyridine rings is 1. The van der Waals surface area contributed by atoms with Crippen molar-refractivity contribution in [3.05, 3.63) is 42.6 Å². The number of ether oxygens (including phenoxy) is 2. The van der Waals surface area contributed by atoms with Crippen LogP contribution in [0.4, 0.5) is 0 Å². The number of nitrogens with zero attached hydrogens (tertiary/aromatic N) is 5. The van der Waals surface area contributed by atoms with Crippen molar-refractivity contribution in [2.24, 2.45) is 0 Å². The summed E-state index contributed by atoms with van der Waals surface area (Å²) in [7, 11) is 1.52. The van der Waals surface area contributed by atoms with E-state index in [-0.39, 0.29) is 5.91 Å². The molecular weight excluding hydrogens is 322 g/mol. The summed E-state index contributed by atoms with van der Waals surface area (Å²) in [6.07, 6.45) is 6.33. The molecule has 1 fully saturated rings. The first kappa shape index (κ1) is 17.1. The number of aromatic nitrogens is 3. The van der Waals surface area contributed by atoms with Gasteiger partial charge in [0.15, 0.2) is 0 Å². The predicted octanol–water partition coefficient (Wildman–Crippen LogP) is 0.717. The van der Waals surface area contributed by atoms with Crippen LogP contribution in [-0.2, 0) is 0 Å². The van der Waals surface area contributed by atoms with Crippen LogP contribution in [-0.4, -0.2) is 77.1 Å². The van der Waals surface area contributed by atoms with Gasteiger partial charge in [-0.05, 0) is 12.1 Å².